The molecule has 4 amide bonds. The van der Waals surface area contributed by atoms with Crippen molar-refractivity contribution in [2.75, 3.05) is 25.6 Å². The minimum absolute atomic E-state index is 0.391. The van der Waals surface area contributed by atoms with Crippen LogP contribution >= 0.6 is 0 Å². The number of nitrogens with zero attached hydrogens (tertiary/aromatic N) is 1. The van der Waals surface area contributed by atoms with Crippen LogP contribution in [0.4, 0.5) is 10.5 Å². The van der Waals surface area contributed by atoms with Crippen molar-refractivity contribution >= 4 is 23.5 Å². The number of hydrogen-bond donors (Lipinski definition) is 2. The highest BCUT2D eigenvalue weighted by atomic mass is 16.5. The fourth-order valence-electron chi connectivity index (χ4n) is 3.17. The van der Waals surface area contributed by atoms with Crippen molar-refractivity contribution in [2.24, 2.45) is 0 Å². The molecule has 0 radical (unpaired) electrons. The fraction of sp³-hybridized carbons (Fsp3) is 0.261. The molecule has 8 heteroatoms. The lowest BCUT2D eigenvalue weighted by Gasteiger charge is -2.22. The predicted octanol–water partition coefficient (Wildman–Crippen LogP) is 3.06. The second-order valence-corrected chi connectivity index (χ2v) is 7.50. The first-order valence-electron chi connectivity index (χ1n) is 9.68. The highest BCUT2D eigenvalue weighted by molar-refractivity contribution is 6.10. The molecular formula is C23H25N3O5. The Labute approximate surface area is 180 Å². The Balaban J connectivity index is 1.69. The number of anilines is 1. The average Bonchev–Trinajstić information content (AvgIpc) is 2.96. The average molecular weight is 423 g/mol. The van der Waals surface area contributed by atoms with Gasteiger partial charge in [-0.25, -0.2) is 4.79 Å². The second kappa shape index (κ2) is 8.91. The Morgan fingerprint density at radius 3 is 2.52 bits per heavy atom. The van der Waals surface area contributed by atoms with E-state index in [2.05, 4.69) is 17.2 Å². The summed E-state index contributed by atoms with van der Waals surface area (Å²) < 4.78 is 10.7. The molecule has 3 rings (SSSR count). The summed E-state index contributed by atoms with van der Waals surface area (Å²) in [7, 11) is 1.52. The van der Waals surface area contributed by atoms with E-state index in [1.165, 1.54) is 7.11 Å². The van der Waals surface area contributed by atoms with E-state index in [9.17, 15) is 14.4 Å². The van der Waals surface area contributed by atoms with Gasteiger partial charge in [0.2, 0.25) is 5.91 Å². The minimum Gasteiger partial charge on any atom is -0.497 e. The first kappa shape index (κ1) is 21.9. The molecule has 0 aliphatic carbocycles. The van der Waals surface area contributed by atoms with E-state index in [1.807, 2.05) is 6.92 Å². The van der Waals surface area contributed by atoms with Crippen LogP contribution in [0.3, 0.4) is 0 Å². The standard InChI is InChI=1S/C23H25N3O5/c1-15(2)14-31-18-10-8-16(9-11-18)23(3)21(28)26(22(29)25-23)13-20(27)24-17-6-5-7-19(12-17)30-4/h5-12H,1,13-14H2,2-4H3,(H,24,27)(H,25,29). The van der Waals surface area contributed by atoms with E-state index in [4.69, 9.17) is 9.47 Å². The van der Waals surface area contributed by atoms with Crippen LogP contribution in [0.25, 0.3) is 0 Å². The smallest absolute Gasteiger partial charge is 0.325 e. The first-order chi connectivity index (χ1) is 14.7. The molecule has 1 aliphatic heterocycles. The van der Waals surface area contributed by atoms with Gasteiger partial charge in [-0.3, -0.25) is 14.5 Å². The number of nitrogens with one attached hydrogen (secondary N) is 2. The number of rotatable bonds is 8. The number of ether oxygens (including phenoxy) is 2. The number of carbonyl (C=O) groups excluding carboxylic acids is 3. The lowest BCUT2D eigenvalue weighted by atomic mass is 9.92. The van der Waals surface area contributed by atoms with E-state index in [0.717, 1.165) is 10.5 Å². The van der Waals surface area contributed by atoms with Crippen LogP contribution in [-0.2, 0) is 15.1 Å². The topological polar surface area (TPSA) is 97.0 Å². The molecule has 1 unspecified atom stereocenters. The van der Waals surface area contributed by atoms with Gasteiger partial charge >= 0.3 is 6.03 Å². The third kappa shape index (κ3) is 4.85. The van der Waals surface area contributed by atoms with Gasteiger partial charge in [-0.05, 0) is 49.2 Å². The molecular weight excluding hydrogens is 398 g/mol. The van der Waals surface area contributed by atoms with Crippen molar-refractivity contribution < 1.29 is 23.9 Å². The number of methoxy groups -OCH3 is 1. The summed E-state index contributed by atoms with van der Waals surface area (Å²) in [5.41, 5.74) is 0.700. The zero-order valence-electron chi connectivity index (χ0n) is 17.7. The van der Waals surface area contributed by atoms with Crippen LogP contribution in [0.1, 0.15) is 19.4 Å². The molecule has 1 heterocycles. The summed E-state index contributed by atoms with van der Waals surface area (Å²) in [4.78, 5) is 38.8. The molecule has 162 valence electrons. The van der Waals surface area contributed by atoms with E-state index in [1.54, 1.807) is 55.5 Å². The van der Waals surface area contributed by atoms with Crippen molar-refractivity contribution in [1.29, 1.82) is 0 Å². The van der Waals surface area contributed by atoms with Crippen molar-refractivity contribution in [3.63, 3.8) is 0 Å². The van der Waals surface area contributed by atoms with Gasteiger partial charge in [0.15, 0.2) is 0 Å². The summed E-state index contributed by atoms with van der Waals surface area (Å²) >= 11 is 0. The molecule has 1 atom stereocenters. The van der Waals surface area contributed by atoms with E-state index >= 15 is 0 Å². The third-order valence-electron chi connectivity index (χ3n) is 4.85. The molecule has 1 saturated heterocycles. The van der Waals surface area contributed by atoms with Crippen molar-refractivity contribution in [2.45, 2.75) is 19.4 Å². The maximum absolute atomic E-state index is 13.0. The summed E-state index contributed by atoms with van der Waals surface area (Å²) in [5, 5.41) is 5.35. The van der Waals surface area contributed by atoms with Gasteiger partial charge in [-0.2, -0.15) is 0 Å². The summed E-state index contributed by atoms with van der Waals surface area (Å²) in [6, 6.07) is 13.0. The number of benzene rings is 2. The van der Waals surface area contributed by atoms with Crippen LogP contribution in [0.15, 0.2) is 60.7 Å². The lowest BCUT2D eigenvalue weighted by Crippen LogP contribution is -2.42. The molecule has 2 N–H and O–H groups in total. The van der Waals surface area contributed by atoms with Crippen LogP contribution in [-0.4, -0.2) is 43.0 Å². The first-order valence-corrected chi connectivity index (χ1v) is 9.68. The highest BCUT2D eigenvalue weighted by Crippen LogP contribution is 2.30. The van der Waals surface area contributed by atoms with E-state index in [-0.39, 0.29) is 0 Å². The number of hydrogen-bond acceptors (Lipinski definition) is 5. The molecule has 2 aromatic carbocycles. The third-order valence-corrected chi connectivity index (χ3v) is 4.85. The monoisotopic (exact) mass is 423 g/mol. The normalized spacial score (nSPS) is 17.8. The number of imide groups is 1. The van der Waals surface area contributed by atoms with Crippen molar-refractivity contribution in [1.82, 2.24) is 10.2 Å². The number of carbonyl (C=O) groups is 3. The predicted molar refractivity (Wildman–Crippen MR) is 116 cm³/mol. The maximum Gasteiger partial charge on any atom is 0.325 e. The molecule has 0 bridgehead atoms. The largest absolute Gasteiger partial charge is 0.497 e. The quantitative estimate of drug-likeness (QED) is 0.502. The summed E-state index contributed by atoms with van der Waals surface area (Å²) in [6.07, 6.45) is 0. The Hall–Kier alpha value is -3.81. The molecule has 0 saturated carbocycles. The zero-order valence-corrected chi connectivity index (χ0v) is 17.7. The van der Waals surface area contributed by atoms with E-state index < -0.39 is 29.9 Å². The molecule has 0 spiro atoms. The van der Waals surface area contributed by atoms with Gasteiger partial charge < -0.3 is 20.1 Å². The Kier molecular flexibility index (Phi) is 6.29. The Morgan fingerprint density at radius 1 is 1.16 bits per heavy atom. The maximum atomic E-state index is 13.0. The summed E-state index contributed by atoms with van der Waals surface area (Å²) in [5.74, 6) is 0.205. The van der Waals surface area contributed by atoms with Crippen LogP contribution in [0.2, 0.25) is 0 Å². The van der Waals surface area contributed by atoms with Gasteiger partial charge in [-0.1, -0.05) is 24.8 Å². The zero-order chi connectivity index (χ0) is 22.6. The lowest BCUT2D eigenvalue weighted by molar-refractivity contribution is -0.133. The van der Waals surface area contributed by atoms with Gasteiger partial charge in [0.1, 0.15) is 30.2 Å². The molecule has 31 heavy (non-hydrogen) atoms. The summed E-state index contributed by atoms with van der Waals surface area (Å²) in [6.45, 7) is 7.24. The van der Waals surface area contributed by atoms with Crippen LogP contribution in [0, 0.1) is 0 Å². The molecule has 0 aromatic heterocycles. The molecule has 2 aromatic rings. The number of amides is 4. The molecule has 8 nitrogen and oxygen atoms in total. The van der Waals surface area contributed by atoms with Crippen molar-refractivity contribution in [3.05, 3.63) is 66.2 Å². The minimum atomic E-state index is -1.28. The Bertz CT molecular complexity index is 1020. The van der Waals surface area contributed by atoms with Crippen molar-refractivity contribution in [3.8, 4) is 11.5 Å². The SMILES string of the molecule is C=C(C)COc1ccc(C2(C)NC(=O)N(CC(=O)Nc3cccc(OC)c3)C2=O)cc1. The van der Waals surface area contributed by atoms with E-state index in [0.29, 0.717) is 29.4 Å². The van der Waals surface area contributed by atoms with Gasteiger partial charge in [-0.15, -0.1) is 0 Å². The van der Waals surface area contributed by atoms with Crippen LogP contribution in [0.5, 0.6) is 11.5 Å². The second-order valence-electron chi connectivity index (χ2n) is 7.50. The molecule has 1 fully saturated rings. The van der Waals surface area contributed by atoms with Gasteiger partial charge in [0.05, 0.1) is 7.11 Å². The van der Waals surface area contributed by atoms with Gasteiger partial charge in [0.25, 0.3) is 5.91 Å². The highest BCUT2D eigenvalue weighted by Gasteiger charge is 2.49. The van der Waals surface area contributed by atoms with Gasteiger partial charge in [0, 0.05) is 11.8 Å². The fourth-order valence-corrected chi connectivity index (χ4v) is 3.17. The number of urea groups is 1. The Morgan fingerprint density at radius 2 is 1.87 bits per heavy atom. The van der Waals surface area contributed by atoms with Crippen LogP contribution < -0.4 is 20.1 Å². The molecule has 1 aliphatic rings.